The number of carbonyl (C=O) groups excluding carboxylic acids is 2. The summed E-state index contributed by atoms with van der Waals surface area (Å²) in [5.41, 5.74) is 5.25. The Morgan fingerprint density at radius 2 is 1.50 bits per heavy atom. The Bertz CT molecular complexity index is 937. The van der Waals surface area contributed by atoms with Gasteiger partial charge in [0.05, 0.1) is 16.7 Å². The summed E-state index contributed by atoms with van der Waals surface area (Å²) in [6.45, 7) is 8.62. The molecule has 132 valence electrons. The van der Waals surface area contributed by atoms with Crippen LogP contribution in [-0.4, -0.2) is 28.9 Å². The molecule has 0 fully saturated rings. The maximum absolute atomic E-state index is 12.8. The van der Waals surface area contributed by atoms with Gasteiger partial charge < -0.3 is 4.90 Å². The summed E-state index contributed by atoms with van der Waals surface area (Å²) >= 11 is 0. The van der Waals surface area contributed by atoms with Gasteiger partial charge in [0.25, 0.3) is 11.8 Å². The Balaban J connectivity index is 1.76. The molecule has 4 rings (SSSR count). The van der Waals surface area contributed by atoms with Gasteiger partial charge in [-0.05, 0) is 57.0 Å². The zero-order valence-corrected chi connectivity index (χ0v) is 15.5. The molecule has 26 heavy (non-hydrogen) atoms. The second-order valence-corrected chi connectivity index (χ2v) is 7.65. The number of amides is 2. The van der Waals surface area contributed by atoms with Crippen molar-refractivity contribution in [1.82, 2.24) is 4.90 Å². The largest absolute Gasteiger partial charge is 0.344 e. The van der Waals surface area contributed by atoms with Gasteiger partial charge in [-0.2, -0.15) is 0 Å². The van der Waals surface area contributed by atoms with Crippen LogP contribution < -0.4 is 4.90 Å². The molecule has 0 saturated heterocycles. The molecule has 4 nitrogen and oxygen atoms in total. The maximum atomic E-state index is 12.8. The first kappa shape index (κ1) is 16.6. The minimum absolute atomic E-state index is 0.220. The molecular formula is C22H22N2O2. The number of nitrogens with zero attached hydrogens (tertiary/aromatic N) is 2. The van der Waals surface area contributed by atoms with E-state index in [9.17, 15) is 9.59 Å². The Morgan fingerprint density at radius 1 is 0.885 bits per heavy atom. The second-order valence-electron chi connectivity index (χ2n) is 7.65. The van der Waals surface area contributed by atoms with E-state index in [1.165, 1.54) is 10.5 Å². The van der Waals surface area contributed by atoms with Crippen LogP contribution in [0.15, 0.2) is 48.5 Å². The lowest BCUT2D eigenvalue weighted by Gasteiger charge is -2.44. The lowest BCUT2D eigenvalue weighted by Crippen LogP contribution is -2.52. The van der Waals surface area contributed by atoms with Crippen LogP contribution in [0.5, 0.6) is 0 Å². The normalized spacial score (nSPS) is 17.9. The molecule has 0 aliphatic carbocycles. The summed E-state index contributed by atoms with van der Waals surface area (Å²) in [7, 11) is 0. The van der Waals surface area contributed by atoms with Crippen molar-refractivity contribution in [3.05, 3.63) is 70.8 Å². The molecule has 0 unspecified atom stereocenters. The van der Waals surface area contributed by atoms with Gasteiger partial charge in [0.15, 0.2) is 0 Å². The van der Waals surface area contributed by atoms with E-state index in [1.54, 1.807) is 24.3 Å². The predicted octanol–water partition coefficient (Wildman–Crippen LogP) is 4.25. The first-order valence-corrected chi connectivity index (χ1v) is 8.83. The van der Waals surface area contributed by atoms with Crippen LogP contribution in [0.25, 0.3) is 5.57 Å². The summed E-state index contributed by atoms with van der Waals surface area (Å²) in [6.07, 6.45) is 2.20. The van der Waals surface area contributed by atoms with E-state index in [0.717, 1.165) is 16.8 Å². The molecule has 2 amide bonds. The zero-order valence-electron chi connectivity index (χ0n) is 15.5. The number of benzene rings is 2. The van der Waals surface area contributed by atoms with Crippen LogP contribution in [-0.2, 0) is 0 Å². The molecule has 0 radical (unpaired) electrons. The number of hydrogen-bond donors (Lipinski definition) is 0. The number of anilines is 1. The molecule has 2 heterocycles. The highest BCUT2D eigenvalue weighted by molar-refractivity contribution is 6.21. The summed E-state index contributed by atoms with van der Waals surface area (Å²) in [4.78, 5) is 29.1. The van der Waals surface area contributed by atoms with Crippen LogP contribution in [0.3, 0.4) is 0 Å². The molecule has 0 spiro atoms. The van der Waals surface area contributed by atoms with Crippen molar-refractivity contribution < 1.29 is 9.59 Å². The number of imide groups is 1. The minimum atomic E-state index is -0.305. The lowest BCUT2D eigenvalue weighted by molar-refractivity contribution is 0.0649. The highest BCUT2D eigenvalue weighted by Gasteiger charge is 2.40. The first-order valence-electron chi connectivity index (χ1n) is 8.83. The maximum Gasteiger partial charge on any atom is 0.263 e. The average molecular weight is 346 g/mol. The topological polar surface area (TPSA) is 40.6 Å². The quantitative estimate of drug-likeness (QED) is 0.763. The molecular weight excluding hydrogens is 324 g/mol. The van der Waals surface area contributed by atoms with Crippen molar-refractivity contribution in [3.63, 3.8) is 0 Å². The fourth-order valence-electron chi connectivity index (χ4n) is 3.96. The zero-order chi connectivity index (χ0) is 18.6. The van der Waals surface area contributed by atoms with Crippen LogP contribution in [0.4, 0.5) is 5.69 Å². The van der Waals surface area contributed by atoms with Crippen molar-refractivity contribution in [2.45, 2.75) is 33.2 Å². The van der Waals surface area contributed by atoms with Crippen molar-refractivity contribution in [1.29, 1.82) is 0 Å². The molecule has 0 N–H and O–H groups in total. The van der Waals surface area contributed by atoms with Gasteiger partial charge in [0.2, 0.25) is 0 Å². The first-order chi connectivity index (χ1) is 12.3. The van der Waals surface area contributed by atoms with E-state index < -0.39 is 0 Å². The van der Waals surface area contributed by atoms with Crippen LogP contribution >= 0.6 is 0 Å². The fourth-order valence-corrected chi connectivity index (χ4v) is 3.96. The molecule has 0 aromatic heterocycles. The van der Waals surface area contributed by atoms with Crippen molar-refractivity contribution >= 4 is 23.1 Å². The number of hydrogen-bond acceptors (Lipinski definition) is 3. The van der Waals surface area contributed by atoms with Crippen LogP contribution in [0, 0.1) is 6.92 Å². The monoisotopic (exact) mass is 346 g/mol. The van der Waals surface area contributed by atoms with E-state index in [1.807, 2.05) is 0 Å². The minimum Gasteiger partial charge on any atom is -0.344 e. The Hall–Kier alpha value is -2.88. The third-order valence-electron chi connectivity index (χ3n) is 5.30. The Morgan fingerprint density at radius 3 is 2.12 bits per heavy atom. The number of rotatable bonds is 2. The Labute approximate surface area is 153 Å². The van der Waals surface area contributed by atoms with Gasteiger partial charge in [-0.15, -0.1) is 0 Å². The molecule has 2 aromatic carbocycles. The number of fused-ring (bicyclic) bond motifs is 2. The van der Waals surface area contributed by atoms with Crippen molar-refractivity contribution in [3.8, 4) is 0 Å². The van der Waals surface area contributed by atoms with Crippen molar-refractivity contribution in [2.24, 2.45) is 0 Å². The molecule has 0 atom stereocenters. The third kappa shape index (κ3) is 2.37. The van der Waals surface area contributed by atoms with Gasteiger partial charge in [-0.3, -0.25) is 14.5 Å². The van der Waals surface area contributed by atoms with Crippen LogP contribution in [0.1, 0.15) is 52.6 Å². The molecule has 0 saturated carbocycles. The summed E-state index contributed by atoms with van der Waals surface area (Å²) in [5.74, 6) is -0.441. The second kappa shape index (κ2) is 5.56. The predicted molar refractivity (Wildman–Crippen MR) is 103 cm³/mol. The van der Waals surface area contributed by atoms with Gasteiger partial charge in [-0.25, -0.2) is 0 Å². The summed E-state index contributed by atoms with van der Waals surface area (Å²) < 4.78 is 0. The lowest BCUT2D eigenvalue weighted by atomic mass is 9.88. The van der Waals surface area contributed by atoms with Crippen molar-refractivity contribution in [2.75, 3.05) is 11.6 Å². The van der Waals surface area contributed by atoms with Gasteiger partial charge in [-0.1, -0.05) is 30.3 Å². The summed E-state index contributed by atoms with van der Waals surface area (Å²) in [5, 5.41) is 0. The molecule has 0 bridgehead atoms. The van der Waals surface area contributed by atoms with E-state index in [0.29, 0.717) is 11.1 Å². The summed E-state index contributed by atoms with van der Waals surface area (Å²) in [6, 6.07) is 13.4. The molecule has 4 heteroatoms. The third-order valence-corrected chi connectivity index (χ3v) is 5.30. The van der Waals surface area contributed by atoms with E-state index in [-0.39, 0.29) is 24.0 Å². The SMILES string of the molecule is CC1=CC(C)(C)N(CN2C(=O)c3ccccc3C2=O)c2cc(C)ccc21. The van der Waals surface area contributed by atoms with E-state index >= 15 is 0 Å². The van der Waals surface area contributed by atoms with Crippen LogP contribution in [0.2, 0.25) is 0 Å². The molecule has 2 aliphatic rings. The van der Waals surface area contributed by atoms with Gasteiger partial charge in [0.1, 0.15) is 6.67 Å². The highest BCUT2D eigenvalue weighted by atomic mass is 16.2. The fraction of sp³-hybridized carbons (Fsp3) is 0.273. The number of carbonyl (C=O) groups is 2. The van der Waals surface area contributed by atoms with Gasteiger partial charge >= 0.3 is 0 Å². The number of aryl methyl sites for hydroxylation is 1. The highest BCUT2D eigenvalue weighted by Crippen LogP contribution is 2.40. The average Bonchev–Trinajstić information content (AvgIpc) is 2.82. The van der Waals surface area contributed by atoms with Gasteiger partial charge in [0, 0.05) is 11.3 Å². The molecule has 2 aromatic rings. The standard InChI is InChI=1S/C22H22N2O2/c1-14-9-10-16-15(2)12-22(3,4)24(19(16)11-14)13-23-20(25)17-7-5-6-8-18(17)21(23)26/h5-12H,13H2,1-4H3. The number of allylic oxidation sites excluding steroid dienone is 1. The van der Waals surface area contributed by atoms with E-state index in [2.05, 4.69) is 56.9 Å². The van der Waals surface area contributed by atoms with E-state index in [4.69, 9.17) is 0 Å². The molecule has 2 aliphatic heterocycles. The Kier molecular flexibility index (Phi) is 3.55. The smallest absolute Gasteiger partial charge is 0.263 e.